The first-order chi connectivity index (χ1) is 13.0. The Morgan fingerprint density at radius 1 is 1.04 bits per heavy atom. The normalized spacial score (nSPS) is 15.7. The highest BCUT2D eigenvalue weighted by Crippen LogP contribution is 2.21. The first-order valence-electron chi connectivity index (χ1n) is 9.31. The van der Waals surface area contributed by atoms with E-state index in [1.165, 1.54) is 5.56 Å². The molecular weight excluding hydrogens is 426 g/mol. The van der Waals surface area contributed by atoms with Crippen molar-refractivity contribution in [3.05, 3.63) is 68.7 Å². The zero-order chi connectivity index (χ0) is 19.2. The molecule has 1 N–H and O–H groups in total. The predicted molar refractivity (Wildman–Crippen MR) is 114 cm³/mol. The lowest BCUT2D eigenvalue weighted by Gasteiger charge is -2.34. The summed E-state index contributed by atoms with van der Waals surface area (Å²) in [4.78, 5) is 17.3. The van der Waals surface area contributed by atoms with Gasteiger partial charge in [0.25, 0.3) is 5.91 Å². The molecule has 2 aromatic carbocycles. The molecule has 0 aliphatic carbocycles. The van der Waals surface area contributed by atoms with Crippen molar-refractivity contribution in [1.82, 2.24) is 15.1 Å². The maximum Gasteiger partial charge on any atom is 0.253 e. The summed E-state index contributed by atoms with van der Waals surface area (Å²) in [6, 6.07) is 13.7. The predicted octanol–water partition coefficient (Wildman–Crippen LogP) is 4.17. The first kappa shape index (κ1) is 20.3. The van der Waals surface area contributed by atoms with Gasteiger partial charge >= 0.3 is 0 Å². The van der Waals surface area contributed by atoms with Crippen LogP contribution in [-0.2, 0) is 13.1 Å². The quantitative estimate of drug-likeness (QED) is 0.717. The minimum atomic E-state index is -0.162. The van der Waals surface area contributed by atoms with Crippen molar-refractivity contribution in [3.63, 3.8) is 0 Å². The molecule has 6 heteroatoms. The van der Waals surface area contributed by atoms with E-state index in [-0.39, 0.29) is 5.91 Å². The second-order valence-corrected chi connectivity index (χ2v) is 8.16. The second kappa shape index (κ2) is 9.69. The molecule has 1 fully saturated rings. The van der Waals surface area contributed by atoms with Gasteiger partial charge in [0.15, 0.2) is 0 Å². The molecule has 0 saturated carbocycles. The van der Waals surface area contributed by atoms with Gasteiger partial charge in [-0.25, -0.2) is 0 Å². The number of hydrogen-bond donors (Lipinski definition) is 1. The lowest BCUT2D eigenvalue weighted by Crippen LogP contribution is -2.45. The SMILES string of the molecule is CCN1CCN(Cc2ccc(CNC(=O)c3ccc(Br)cc3Cl)cc2)CC1. The molecule has 0 aromatic heterocycles. The van der Waals surface area contributed by atoms with Crippen LogP contribution in [-0.4, -0.2) is 48.4 Å². The van der Waals surface area contributed by atoms with Crippen LogP contribution < -0.4 is 5.32 Å². The fraction of sp³-hybridized carbons (Fsp3) is 0.381. The number of amides is 1. The first-order valence-corrected chi connectivity index (χ1v) is 10.5. The van der Waals surface area contributed by atoms with Crippen molar-refractivity contribution >= 4 is 33.4 Å². The van der Waals surface area contributed by atoms with Crippen molar-refractivity contribution < 1.29 is 4.79 Å². The average Bonchev–Trinajstić information content (AvgIpc) is 2.68. The van der Waals surface area contributed by atoms with Gasteiger partial charge < -0.3 is 10.2 Å². The molecule has 0 atom stereocenters. The lowest BCUT2D eigenvalue weighted by atomic mass is 10.1. The van der Waals surface area contributed by atoms with Crippen molar-refractivity contribution in [3.8, 4) is 0 Å². The van der Waals surface area contributed by atoms with Gasteiger partial charge in [0.05, 0.1) is 10.6 Å². The molecule has 2 aromatic rings. The second-order valence-electron chi connectivity index (χ2n) is 6.83. The van der Waals surface area contributed by atoms with Gasteiger partial charge in [-0.2, -0.15) is 0 Å². The standard InChI is InChI=1S/C21H25BrClN3O/c1-2-25-9-11-26(12-10-25)15-17-5-3-16(4-6-17)14-24-21(27)19-8-7-18(22)13-20(19)23/h3-8,13H,2,9-12,14-15H2,1H3,(H,24,27). The highest BCUT2D eigenvalue weighted by atomic mass is 79.9. The average molecular weight is 451 g/mol. The number of nitrogens with one attached hydrogen (secondary N) is 1. The number of carbonyl (C=O) groups is 1. The van der Waals surface area contributed by atoms with Crippen LogP contribution in [0.2, 0.25) is 5.02 Å². The highest BCUT2D eigenvalue weighted by Gasteiger charge is 2.15. The third kappa shape index (κ3) is 5.79. The van der Waals surface area contributed by atoms with E-state index < -0.39 is 0 Å². The maximum atomic E-state index is 12.3. The molecule has 3 rings (SSSR count). The summed E-state index contributed by atoms with van der Waals surface area (Å²) in [5.41, 5.74) is 2.88. The van der Waals surface area contributed by atoms with Gasteiger partial charge in [-0.3, -0.25) is 9.69 Å². The molecule has 1 aliphatic heterocycles. The van der Waals surface area contributed by atoms with E-state index in [0.717, 1.165) is 49.3 Å². The Hall–Kier alpha value is -1.40. The van der Waals surface area contributed by atoms with E-state index in [4.69, 9.17) is 11.6 Å². The zero-order valence-corrected chi connectivity index (χ0v) is 17.9. The largest absolute Gasteiger partial charge is 0.348 e. The molecule has 4 nitrogen and oxygen atoms in total. The zero-order valence-electron chi connectivity index (χ0n) is 15.5. The molecule has 27 heavy (non-hydrogen) atoms. The topological polar surface area (TPSA) is 35.6 Å². The van der Waals surface area contributed by atoms with E-state index >= 15 is 0 Å². The molecular formula is C21H25BrClN3O. The van der Waals surface area contributed by atoms with Gasteiger partial charge in [0.1, 0.15) is 0 Å². The number of benzene rings is 2. The highest BCUT2D eigenvalue weighted by molar-refractivity contribution is 9.10. The summed E-state index contributed by atoms with van der Waals surface area (Å²) in [7, 11) is 0. The number of halogens is 2. The van der Waals surface area contributed by atoms with Crippen LogP contribution in [0.25, 0.3) is 0 Å². The van der Waals surface area contributed by atoms with Crippen LogP contribution in [0.4, 0.5) is 0 Å². The smallest absolute Gasteiger partial charge is 0.253 e. The number of likely N-dealkylation sites (N-methyl/N-ethyl adjacent to an activating group) is 1. The Labute approximate surface area is 174 Å². The Kier molecular flexibility index (Phi) is 7.30. The number of nitrogens with zero attached hydrogens (tertiary/aromatic N) is 2. The van der Waals surface area contributed by atoms with Gasteiger partial charge in [-0.1, -0.05) is 58.7 Å². The van der Waals surface area contributed by atoms with Gasteiger partial charge in [-0.15, -0.1) is 0 Å². The fourth-order valence-electron chi connectivity index (χ4n) is 3.24. The summed E-state index contributed by atoms with van der Waals surface area (Å²) in [5, 5.41) is 3.38. The maximum absolute atomic E-state index is 12.3. The van der Waals surface area contributed by atoms with Crippen LogP contribution in [0.15, 0.2) is 46.9 Å². The summed E-state index contributed by atoms with van der Waals surface area (Å²) in [6.45, 7) is 9.38. The lowest BCUT2D eigenvalue weighted by molar-refractivity contribution is 0.0951. The molecule has 0 radical (unpaired) electrons. The molecule has 144 valence electrons. The number of piperazine rings is 1. The van der Waals surface area contributed by atoms with Crippen LogP contribution in [0, 0.1) is 0 Å². The van der Waals surface area contributed by atoms with E-state index in [0.29, 0.717) is 17.1 Å². The number of carbonyl (C=O) groups excluding carboxylic acids is 1. The molecule has 1 saturated heterocycles. The third-order valence-corrected chi connectivity index (χ3v) is 5.78. The molecule has 0 unspecified atom stereocenters. The summed E-state index contributed by atoms with van der Waals surface area (Å²) in [6.07, 6.45) is 0. The monoisotopic (exact) mass is 449 g/mol. The summed E-state index contributed by atoms with van der Waals surface area (Å²) < 4.78 is 0.857. The molecule has 1 amide bonds. The van der Waals surface area contributed by atoms with Gasteiger partial charge in [0, 0.05) is 43.7 Å². The Morgan fingerprint density at radius 3 is 2.30 bits per heavy atom. The van der Waals surface area contributed by atoms with Crippen LogP contribution in [0.3, 0.4) is 0 Å². The summed E-state index contributed by atoms with van der Waals surface area (Å²) in [5.74, 6) is -0.162. The fourth-order valence-corrected chi connectivity index (χ4v) is 3.99. The minimum absolute atomic E-state index is 0.162. The van der Waals surface area contributed by atoms with Gasteiger partial charge in [-0.05, 0) is 35.9 Å². The van der Waals surface area contributed by atoms with E-state index in [1.807, 2.05) is 6.07 Å². The van der Waals surface area contributed by atoms with E-state index in [1.54, 1.807) is 12.1 Å². The molecule has 0 spiro atoms. The van der Waals surface area contributed by atoms with Crippen LogP contribution in [0.5, 0.6) is 0 Å². The number of hydrogen-bond acceptors (Lipinski definition) is 3. The third-order valence-electron chi connectivity index (χ3n) is 4.97. The van der Waals surface area contributed by atoms with Crippen LogP contribution in [0.1, 0.15) is 28.4 Å². The van der Waals surface area contributed by atoms with Crippen molar-refractivity contribution in [2.24, 2.45) is 0 Å². The number of rotatable bonds is 6. The molecule has 0 bridgehead atoms. The summed E-state index contributed by atoms with van der Waals surface area (Å²) >= 11 is 9.49. The molecule has 1 heterocycles. The Bertz CT molecular complexity index is 773. The van der Waals surface area contributed by atoms with Crippen molar-refractivity contribution in [1.29, 1.82) is 0 Å². The van der Waals surface area contributed by atoms with E-state index in [2.05, 4.69) is 62.2 Å². The minimum Gasteiger partial charge on any atom is -0.348 e. The molecule has 1 aliphatic rings. The van der Waals surface area contributed by atoms with E-state index in [9.17, 15) is 4.79 Å². The van der Waals surface area contributed by atoms with Gasteiger partial charge in [0.2, 0.25) is 0 Å². The Balaban J connectivity index is 1.50. The van der Waals surface area contributed by atoms with Crippen molar-refractivity contribution in [2.45, 2.75) is 20.0 Å². The van der Waals surface area contributed by atoms with Crippen molar-refractivity contribution in [2.75, 3.05) is 32.7 Å². The van der Waals surface area contributed by atoms with Crippen LogP contribution >= 0.6 is 27.5 Å². The Morgan fingerprint density at radius 2 is 1.67 bits per heavy atom.